The summed E-state index contributed by atoms with van der Waals surface area (Å²) in [4.78, 5) is 41.7. The summed E-state index contributed by atoms with van der Waals surface area (Å²) in [7, 11) is 3.92. The molecule has 0 radical (unpaired) electrons. The number of amides is 2. The molecule has 40 heavy (non-hydrogen) atoms. The number of methoxy groups -OCH3 is 3. The summed E-state index contributed by atoms with van der Waals surface area (Å²) >= 11 is 0. The van der Waals surface area contributed by atoms with Crippen molar-refractivity contribution in [1.82, 2.24) is 10.2 Å². The van der Waals surface area contributed by atoms with Crippen molar-refractivity contribution < 1.29 is 41.8 Å². The molecular weight excluding hydrogens is 529 g/mol. The molecule has 2 aromatic rings. The first-order valence-corrected chi connectivity index (χ1v) is 12.6. The van der Waals surface area contributed by atoms with Crippen LogP contribution in [0.1, 0.15) is 42.6 Å². The van der Waals surface area contributed by atoms with Crippen molar-refractivity contribution in [3.8, 4) is 17.2 Å². The van der Waals surface area contributed by atoms with Crippen molar-refractivity contribution in [2.24, 2.45) is 5.41 Å². The average molecular weight is 561 g/mol. The predicted molar refractivity (Wildman–Crippen MR) is 139 cm³/mol. The van der Waals surface area contributed by atoms with E-state index < -0.39 is 40.3 Å². The molecule has 11 heteroatoms. The maximum atomic E-state index is 15.1. The van der Waals surface area contributed by atoms with Gasteiger partial charge in [-0.15, -0.1) is 0 Å². The Balaban J connectivity index is 1.83. The third-order valence-corrected chi connectivity index (χ3v) is 7.24. The van der Waals surface area contributed by atoms with Gasteiger partial charge in [0, 0.05) is 24.2 Å². The van der Waals surface area contributed by atoms with Crippen LogP contribution in [0.3, 0.4) is 0 Å². The second-order valence-corrected chi connectivity index (χ2v) is 10.6. The normalized spacial score (nSPS) is 20.4. The van der Waals surface area contributed by atoms with Gasteiger partial charge in [-0.05, 0) is 36.0 Å². The smallest absolute Gasteiger partial charge is 0.425 e. The van der Waals surface area contributed by atoms with Crippen LogP contribution in [-0.4, -0.2) is 62.1 Å². The molecule has 0 saturated heterocycles. The zero-order valence-electron chi connectivity index (χ0n) is 22.9. The molecular formula is C29H31F3N2O6. The van der Waals surface area contributed by atoms with Crippen LogP contribution in [0.15, 0.2) is 53.7 Å². The first-order valence-electron chi connectivity index (χ1n) is 12.6. The molecule has 2 amide bonds. The van der Waals surface area contributed by atoms with Gasteiger partial charge < -0.3 is 24.4 Å². The lowest BCUT2D eigenvalue weighted by Crippen LogP contribution is -2.66. The molecule has 1 atom stereocenters. The molecule has 1 unspecified atom stereocenters. The zero-order valence-corrected chi connectivity index (χ0v) is 22.9. The number of hydrogen-bond acceptors (Lipinski definition) is 6. The second-order valence-electron chi connectivity index (χ2n) is 10.6. The Morgan fingerprint density at radius 2 is 1.57 bits per heavy atom. The van der Waals surface area contributed by atoms with E-state index in [0.717, 1.165) is 10.5 Å². The van der Waals surface area contributed by atoms with E-state index >= 15 is 13.2 Å². The standard InChI is InChI=1S/C29H31F3N2O6/c1-27(2)15-19-23(20(35)16-27)28(29(30,31)32,26(37)34(19)12-11-17-9-7-6-8-10-17)33-25(36)18-13-21(38-3)24(40-5)22(14-18)39-4/h6-10,13-14H,11-12,15-16H2,1-5H3,(H,33,36). The number of halogens is 3. The van der Waals surface area contributed by atoms with Crippen LogP contribution in [0, 0.1) is 5.41 Å². The number of ether oxygens (including phenoxy) is 3. The molecule has 2 aliphatic rings. The topological polar surface area (TPSA) is 94.2 Å². The molecule has 0 bridgehead atoms. The van der Waals surface area contributed by atoms with Crippen molar-refractivity contribution in [3.05, 3.63) is 64.9 Å². The van der Waals surface area contributed by atoms with Crippen LogP contribution in [-0.2, 0) is 16.0 Å². The second kappa shape index (κ2) is 10.5. The van der Waals surface area contributed by atoms with Crippen LogP contribution in [0.25, 0.3) is 0 Å². The molecule has 1 heterocycles. The lowest BCUT2D eigenvalue weighted by atomic mass is 9.72. The Kier molecular flexibility index (Phi) is 7.62. The molecule has 1 N–H and O–H groups in total. The molecule has 2 aromatic carbocycles. The summed E-state index contributed by atoms with van der Waals surface area (Å²) in [6.45, 7) is 3.43. The van der Waals surface area contributed by atoms with E-state index in [-0.39, 0.29) is 54.3 Å². The largest absolute Gasteiger partial charge is 0.493 e. The third kappa shape index (κ3) is 4.89. The average Bonchev–Trinajstić information content (AvgIpc) is 3.13. The number of carbonyl (C=O) groups is 3. The SMILES string of the molecule is COc1cc(C(=O)NC2(C(F)(F)F)C(=O)N(CCc3ccccc3)C3=C2C(=O)CC(C)(C)C3)cc(OC)c1OC. The van der Waals surface area contributed by atoms with E-state index in [9.17, 15) is 14.4 Å². The van der Waals surface area contributed by atoms with Gasteiger partial charge in [0.25, 0.3) is 11.8 Å². The fraction of sp³-hybridized carbons (Fsp3) is 0.414. The van der Waals surface area contributed by atoms with Gasteiger partial charge in [-0.25, -0.2) is 0 Å². The number of nitrogens with zero attached hydrogens (tertiary/aromatic N) is 1. The number of rotatable bonds is 8. The van der Waals surface area contributed by atoms with Gasteiger partial charge in [0.05, 0.1) is 26.9 Å². The van der Waals surface area contributed by atoms with Gasteiger partial charge in [-0.3, -0.25) is 14.4 Å². The minimum atomic E-state index is -5.32. The number of carbonyl (C=O) groups excluding carboxylic acids is 3. The number of alkyl halides is 3. The molecule has 8 nitrogen and oxygen atoms in total. The Bertz CT molecular complexity index is 1340. The predicted octanol–water partition coefficient (Wildman–Crippen LogP) is 4.47. The van der Waals surface area contributed by atoms with Crippen LogP contribution in [0.5, 0.6) is 17.2 Å². The van der Waals surface area contributed by atoms with E-state index in [4.69, 9.17) is 14.2 Å². The van der Waals surface area contributed by atoms with Crippen molar-refractivity contribution >= 4 is 17.6 Å². The van der Waals surface area contributed by atoms with E-state index in [0.29, 0.717) is 0 Å². The zero-order chi connectivity index (χ0) is 29.5. The number of allylic oxidation sites excluding steroid dienone is 1. The van der Waals surface area contributed by atoms with Gasteiger partial charge in [-0.1, -0.05) is 44.2 Å². The monoisotopic (exact) mass is 560 g/mol. The highest BCUT2D eigenvalue weighted by atomic mass is 19.4. The maximum absolute atomic E-state index is 15.1. The van der Waals surface area contributed by atoms with Crippen LogP contribution >= 0.6 is 0 Å². The van der Waals surface area contributed by atoms with Crippen LogP contribution < -0.4 is 19.5 Å². The molecule has 214 valence electrons. The number of benzene rings is 2. The molecule has 0 saturated carbocycles. The van der Waals surface area contributed by atoms with Crippen molar-refractivity contribution in [1.29, 1.82) is 0 Å². The summed E-state index contributed by atoms with van der Waals surface area (Å²) in [5.74, 6) is -3.28. The Labute approximate surface area is 230 Å². The van der Waals surface area contributed by atoms with E-state index in [2.05, 4.69) is 0 Å². The Morgan fingerprint density at radius 1 is 0.975 bits per heavy atom. The Hall–Kier alpha value is -4.02. The summed E-state index contributed by atoms with van der Waals surface area (Å²) in [6, 6.07) is 11.3. The Morgan fingerprint density at radius 3 is 2.10 bits per heavy atom. The molecule has 1 aliphatic carbocycles. The molecule has 1 aliphatic heterocycles. The molecule has 0 fully saturated rings. The van der Waals surface area contributed by atoms with Crippen LogP contribution in [0.2, 0.25) is 0 Å². The van der Waals surface area contributed by atoms with Gasteiger partial charge in [0.2, 0.25) is 11.3 Å². The number of nitrogens with one attached hydrogen (secondary N) is 1. The van der Waals surface area contributed by atoms with Crippen molar-refractivity contribution in [2.75, 3.05) is 27.9 Å². The number of Topliss-reactive ketones (excluding diaryl/α,β-unsaturated/α-hetero) is 1. The van der Waals surface area contributed by atoms with Crippen LogP contribution in [0.4, 0.5) is 13.2 Å². The lowest BCUT2D eigenvalue weighted by Gasteiger charge is -2.35. The van der Waals surface area contributed by atoms with Gasteiger partial charge >= 0.3 is 6.18 Å². The fourth-order valence-corrected chi connectivity index (χ4v) is 5.40. The van der Waals surface area contributed by atoms with Gasteiger partial charge in [0.1, 0.15) is 0 Å². The van der Waals surface area contributed by atoms with Crippen molar-refractivity contribution in [2.45, 2.75) is 44.8 Å². The molecule has 0 spiro atoms. The van der Waals surface area contributed by atoms with E-state index in [1.165, 1.54) is 33.5 Å². The highest BCUT2D eigenvalue weighted by Gasteiger charge is 2.71. The maximum Gasteiger partial charge on any atom is 0.425 e. The number of ketones is 1. The quantitative estimate of drug-likeness (QED) is 0.512. The minimum Gasteiger partial charge on any atom is -0.493 e. The van der Waals surface area contributed by atoms with Gasteiger partial charge in [0.15, 0.2) is 17.3 Å². The van der Waals surface area contributed by atoms with E-state index in [1.54, 1.807) is 44.2 Å². The summed E-state index contributed by atoms with van der Waals surface area (Å²) in [5.41, 5.74) is -4.43. The first kappa shape index (κ1) is 29.0. The third-order valence-electron chi connectivity index (χ3n) is 7.24. The highest BCUT2D eigenvalue weighted by Crippen LogP contribution is 2.52. The first-order chi connectivity index (χ1) is 18.8. The number of hydrogen-bond donors (Lipinski definition) is 1. The molecule has 4 rings (SSSR count). The summed E-state index contributed by atoms with van der Waals surface area (Å²) in [6.07, 6.45) is -5.21. The van der Waals surface area contributed by atoms with Gasteiger partial charge in [-0.2, -0.15) is 13.2 Å². The molecule has 0 aromatic heterocycles. The minimum absolute atomic E-state index is 0.00954. The fourth-order valence-electron chi connectivity index (χ4n) is 5.40. The summed E-state index contributed by atoms with van der Waals surface area (Å²) < 4.78 is 61.0. The highest BCUT2D eigenvalue weighted by molar-refractivity contribution is 6.14. The summed E-state index contributed by atoms with van der Waals surface area (Å²) in [5, 5.41) is 1.94. The van der Waals surface area contributed by atoms with Crippen molar-refractivity contribution in [3.63, 3.8) is 0 Å². The van der Waals surface area contributed by atoms with E-state index in [1.807, 2.05) is 5.32 Å². The lowest BCUT2D eigenvalue weighted by molar-refractivity contribution is -0.190.